The minimum absolute atomic E-state index is 0.0157. The molecule has 128 valence electrons. The van der Waals surface area contributed by atoms with Gasteiger partial charge in [0, 0.05) is 16.2 Å². The molecule has 2 N–H and O–H groups in total. The summed E-state index contributed by atoms with van der Waals surface area (Å²) in [6, 6.07) is 4.10. The number of hydrogen-bond acceptors (Lipinski definition) is 5. The molecular formula is C17H17ClFNO4. The standard InChI is InChI=1S/C17H17ClFNO4/c1-4-23-17(22)15-14(13-10(18)6-5-7-11(13)19)12(8(2)21)9(3)24-16(15)20/h5-7,14H,4,20H2,1-3H3/t14-/m1/s1. The van der Waals surface area contributed by atoms with Gasteiger partial charge in [0.25, 0.3) is 0 Å². The van der Waals surface area contributed by atoms with E-state index in [1.807, 2.05) is 0 Å². The van der Waals surface area contributed by atoms with Crippen LogP contribution in [0.15, 0.2) is 41.0 Å². The number of allylic oxidation sites excluding steroid dienone is 2. The van der Waals surface area contributed by atoms with E-state index < -0.39 is 17.7 Å². The van der Waals surface area contributed by atoms with Crippen LogP contribution < -0.4 is 5.73 Å². The zero-order valence-corrected chi connectivity index (χ0v) is 14.2. The van der Waals surface area contributed by atoms with E-state index in [-0.39, 0.29) is 45.8 Å². The Morgan fingerprint density at radius 2 is 2.04 bits per heavy atom. The van der Waals surface area contributed by atoms with Crippen LogP contribution in [0.4, 0.5) is 4.39 Å². The normalized spacial score (nSPS) is 17.6. The SMILES string of the molecule is CCOC(=O)C1=C(N)OC(C)=C(C(C)=O)[C@@H]1c1c(F)cccc1Cl. The molecule has 0 amide bonds. The summed E-state index contributed by atoms with van der Waals surface area (Å²) in [5, 5.41) is 0.0723. The first-order valence-electron chi connectivity index (χ1n) is 7.29. The maximum absolute atomic E-state index is 14.5. The molecule has 0 spiro atoms. The first-order valence-corrected chi connectivity index (χ1v) is 7.67. The highest BCUT2D eigenvalue weighted by Crippen LogP contribution is 2.43. The van der Waals surface area contributed by atoms with Crippen molar-refractivity contribution >= 4 is 23.4 Å². The van der Waals surface area contributed by atoms with Gasteiger partial charge in [0.05, 0.1) is 12.5 Å². The lowest BCUT2D eigenvalue weighted by atomic mass is 9.80. The van der Waals surface area contributed by atoms with Gasteiger partial charge in [-0.3, -0.25) is 4.79 Å². The van der Waals surface area contributed by atoms with Gasteiger partial charge in [-0.2, -0.15) is 0 Å². The molecule has 5 nitrogen and oxygen atoms in total. The predicted molar refractivity (Wildman–Crippen MR) is 86.5 cm³/mol. The Labute approximate surface area is 143 Å². The smallest absolute Gasteiger partial charge is 0.340 e. The Morgan fingerprint density at radius 3 is 2.58 bits per heavy atom. The number of rotatable bonds is 4. The van der Waals surface area contributed by atoms with Crippen LogP contribution in [0.5, 0.6) is 0 Å². The van der Waals surface area contributed by atoms with Gasteiger partial charge in [0.1, 0.15) is 17.1 Å². The molecular weight excluding hydrogens is 337 g/mol. The van der Waals surface area contributed by atoms with E-state index in [9.17, 15) is 14.0 Å². The second-order valence-corrected chi connectivity index (χ2v) is 5.60. The number of ketones is 1. The highest BCUT2D eigenvalue weighted by molar-refractivity contribution is 6.31. The maximum atomic E-state index is 14.5. The number of esters is 1. The van der Waals surface area contributed by atoms with Gasteiger partial charge in [-0.05, 0) is 32.9 Å². The lowest BCUT2D eigenvalue weighted by Crippen LogP contribution is -2.29. The van der Waals surface area contributed by atoms with E-state index in [1.54, 1.807) is 6.92 Å². The van der Waals surface area contributed by atoms with Crippen LogP contribution in [0.3, 0.4) is 0 Å². The minimum Gasteiger partial charge on any atom is -0.462 e. The molecule has 1 atom stereocenters. The fourth-order valence-corrected chi connectivity index (χ4v) is 2.99. The van der Waals surface area contributed by atoms with E-state index in [2.05, 4.69) is 0 Å². The molecule has 1 aliphatic heterocycles. The summed E-state index contributed by atoms with van der Waals surface area (Å²) in [4.78, 5) is 24.5. The number of nitrogens with two attached hydrogens (primary N) is 1. The molecule has 0 bridgehead atoms. The Balaban J connectivity index is 2.76. The van der Waals surface area contributed by atoms with Crippen molar-refractivity contribution in [2.24, 2.45) is 5.73 Å². The van der Waals surface area contributed by atoms with Crippen LogP contribution in [-0.2, 0) is 19.1 Å². The van der Waals surface area contributed by atoms with Crippen molar-refractivity contribution < 1.29 is 23.5 Å². The molecule has 24 heavy (non-hydrogen) atoms. The molecule has 0 saturated carbocycles. The predicted octanol–water partition coefficient (Wildman–Crippen LogP) is 3.19. The molecule has 0 unspecified atom stereocenters. The molecule has 1 aromatic carbocycles. The lowest BCUT2D eigenvalue weighted by Gasteiger charge is -2.29. The summed E-state index contributed by atoms with van der Waals surface area (Å²) in [6.07, 6.45) is 0. The first-order chi connectivity index (χ1) is 11.3. The van der Waals surface area contributed by atoms with E-state index in [0.717, 1.165) is 0 Å². The Hall–Kier alpha value is -2.34. The number of halogens is 2. The lowest BCUT2D eigenvalue weighted by molar-refractivity contribution is -0.139. The molecule has 7 heteroatoms. The molecule has 1 heterocycles. The molecule has 0 aromatic heterocycles. The summed E-state index contributed by atoms with van der Waals surface area (Å²) in [6.45, 7) is 4.53. The molecule has 2 rings (SSSR count). The van der Waals surface area contributed by atoms with Crippen molar-refractivity contribution in [2.45, 2.75) is 26.7 Å². The van der Waals surface area contributed by atoms with Gasteiger partial charge in [-0.15, -0.1) is 0 Å². The van der Waals surface area contributed by atoms with Crippen LogP contribution >= 0.6 is 11.6 Å². The first kappa shape index (κ1) is 18.0. The van der Waals surface area contributed by atoms with Crippen molar-refractivity contribution in [1.29, 1.82) is 0 Å². The Bertz CT molecular complexity index is 750. The summed E-state index contributed by atoms with van der Waals surface area (Å²) in [5.74, 6) is -2.96. The fourth-order valence-electron chi connectivity index (χ4n) is 2.72. The third-order valence-electron chi connectivity index (χ3n) is 3.65. The van der Waals surface area contributed by atoms with Gasteiger partial charge < -0.3 is 15.2 Å². The largest absolute Gasteiger partial charge is 0.462 e. The summed E-state index contributed by atoms with van der Waals surface area (Å²) in [7, 11) is 0. The van der Waals surface area contributed by atoms with E-state index in [0.29, 0.717) is 0 Å². The van der Waals surface area contributed by atoms with Crippen molar-refractivity contribution in [1.82, 2.24) is 0 Å². The van der Waals surface area contributed by atoms with Gasteiger partial charge in [-0.25, -0.2) is 9.18 Å². The van der Waals surface area contributed by atoms with Crippen LogP contribution in [-0.4, -0.2) is 18.4 Å². The average molecular weight is 354 g/mol. The Kier molecular flexibility index (Phi) is 5.29. The molecule has 0 radical (unpaired) electrons. The van der Waals surface area contributed by atoms with Crippen molar-refractivity contribution in [2.75, 3.05) is 6.61 Å². The molecule has 0 fully saturated rings. The maximum Gasteiger partial charge on any atom is 0.340 e. The second kappa shape index (κ2) is 7.05. The van der Waals surface area contributed by atoms with Crippen molar-refractivity contribution in [3.8, 4) is 0 Å². The van der Waals surface area contributed by atoms with Gasteiger partial charge in [-0.1, -0.05) is 17.7 Å². The average Bonchev–Trinajstić information content (AvgIpc) is 2.46. The zero-order chi connectivity index (χ0) is 18.0. The quantitative estimate of drug-likeness (QED) is 0.841. The molecule has 0 saturated heterocycles. The number of carbonyl (C=O) groups excluding carboxylic acids is 2. The Morgan fingerprint density at radius 1 is 1.38 bits per heavy atom. The van der Waals surface area contributed by atoms with E-state index in [1.165, 1.54) is 32.0 Å². The summed E-state index contributed by atoms with van der Waals surface area (Å²) in [5.41, 5.74) is 5.79. The zero-order valence-electron chi connectivity index (χ0n) is 13.5. The minimum atomic E-state index is -1.09. The third kappa shape index (κ3) is 3.14. The molecule has 1 aromatic rings. The summed E-state index contributed by atoms with van der Waals surface area (Å²) >= 11 is 6.15. The number of Topliss-reactive ketones (excluding diaryl/α,β-unsaturated/α-hetero) is 1. The number of ether oxygens (including phenoxy) is 2. The molecule has 0 aliphatic carbocycles. The van der Waals surface area contributed by atoms with Crippen molar-refractivity contribution in [3.05, 3.63) is 57.4 Å². The summed E-state index contributed by atoms with van der Waals surface area (Å²) < 4.78 is 24.8. The second-order valence-electron chi connectivity index (χ2n) is 5.19. The number of carbonyl (C=O) groups is 2. The van der Waals surface area contributed by atoms with Gasteiger partial charge >= 0.3 is 5.97 Å². The van der Waals surface area contributed by atoms with E-state index in [4.69, 9.17) is 26.8 Å². The topological polar surface area (TPSA) is 78.6 Å². The van der Waals surface area contributed by atoms with Crippen LogP contribution in [0, 0.1) is 5.82 Å². The van der Waals surface area contributed by atoms with Crippen LogP contribution in [0.25, 0.3) is 0 Å². The number of hydrogen-bond donors (Lipinski definition) is 1. The third-order valence-corrected chi connectivity index (χ3v) is 3.98. The molecule has 1 aliphatic rings. The highest BCUT2D eigenvalue weighted by atomic mass is 35.5. The van der Waals surface area contributed by atoms with Crippen LogP contribution in [0.2, 0.25) is 5.02 Å². The van der Waals surface area contributed by atoms with Crippen molar-refractivity contribution in [3.63, 3.8) is 0 Å². The fraction of sp³-hybridized carbons (Fsp3) is 0.294. The van der Waals surface area contributed by atoms with Gasteiger partial charge in [0.2, 0.25) is 5.88 Å². The van der Waals surface area contributed by atoms with Crippen LogP contribution in [0.1, 0.15) is 32.3 Å². The van der Waals surface area contributed by atoms with Gasteiger partial charge in [0.15, 0.2) is 5.78 Å². The monoisotopic (exact) mass is 353 g/mol. The van der Waals surface area contributed by atoms with E-state index >= 15 is 0 Å². The highest BCUT2D eigenvalue weighted by Gasteiger charge is 2.40. The number of benzene rings is 1.